The highest BCUT2D eigenvalue weighted by Crippen LogP contribution is 2.24. The van der Waals surface area contributed by atoms with Crippen molar-refractivity contribution < 1.29 is 14.3 Å². The van der Waals surface area contributed by atoms with E-state index in [1.165, 1.54) is 11.8 Å². The highest BCUT2D eigenvalue weighted by molar-refractivity contribution is 7.99. The van der Waals surface area contributed by atoms with Crippen LogP contribution in [0.15, 0.2) is 42.5 Å². The van der Waals surface area contributed by atoms with E-state index in [9.17, 15) is 9.59 Å². The van der Waals surface area contributed by atoms with E-state index < -0.39 is 6.04 Å². The Labute approximate surface area is 204 Å². The second-order valence-electron chi connectivity index (χ2n) is 7.42. The summed E-state index contributed by atoms with van der Waals surface area (Å²) in [6, 6.07) is 12.3. The summed E-state index contributed by atoms with van der Waals surface area (Å²) >= 11 is 13.8. The molecule has 0 aliphatic carbocycles. The van der Waals surface area contributed by atoms with E-state index >= 15 is 0 Å². The van der Waals surface area contributed by atoms with E-state index in [-0.39, 0.29) is 24.1 Å². The van der Waals surface area contributed by atoms with E-state index in [4.69, 9.17) is 27.9 Å². The fourth-order valence-corrected chi connectivity index (χ4v) is 4.35. The Morgan fingerprint density at radius 1 is 1.16 bits per heavy atom. The number of hydrogen-bond donors (Lipinski definition) is 1. The first-order valence-electron chi connectivity index (χ1n) is 10.6. The molecule has 0 bridgehead atoms. The van der Waals surface area contributed by atoms with Gasteiger partial charge in [0.05, 0.1) is 12.9 Å². The van der Waals surface area contributed by atoms with Gasteiger partial charge >= 0.3 is 0 Å². The third-order valence-corrected chi connectivity index (χ3v) is 6.58. The van der Waals surface area contributed by atoms with Gasteiger partial charge in [-0.3, -0.25) is 9.59 Å². The number of ether oxygens (including phenoxy) is 1. The molecule has 0 aliphatic heterocycles. The summed E-state index contributed by atoms with van der Waals surface area (Å²) in [4.78, 5) is 27.4. The molecule has 2 aromatic carbocycles. The lowest BCUT2D eigenvalue weighted by atomic mass is 10.1. The van der Waals surface area contributed by atoms with Crippen LogP contribution >= 0.6 is 35.0 Å². The van der Waals surface area contributed by atoms with Crippen molar-refractivity contribution >= 4 is 46.8 Å². The number of benzene rings is 2. The highest BCUT2D eigenvalue weighted by Gasteiger charge is 2.26. The van der Waals surface area contributed by atoms with E-state index in [0.717, 1.165) is 29.7 Å². The zero-order valence-electron chi connectivity index (χ0n) is 18.7. The fourth-order valence-electron chi connectivity index (χ4n) is 3.01. The summed E-state index contributed by atoms with van der Waals surface area (Å²) < 4.78 is 5.18. The van der Waals surface area contributed by atoms with Crippen molar-refractivity contribution in [2.24, 2.45) is 0 Å². The number of unbranched alkanes of at least 4 members (excludes halogenated alkanes) is 1. The maximum atomic E-state index is 13.1. The molecule has 2 rings (SSSR count). The molecule has 1 unspecified atom stereocenters. The molecule has 8 heteroatoms. The van der Waals surface area contributed by atoms with Gasteiger partial charge < -0.3 is 15.0 Å². The molecular weight excluding hydrogens is 467 g/mol. The van der Waals surface area contributed by atoms with Crippen molar-refractivity contribution in [1.82, 2.24) is 10.2 Å². The lowest BCUT2D eigenvalue weighted by molar-refractivity contribution is -0.138. The van der Waals surface area contributed by atoms with Gasteiger partial charge in [-0.15, -0.1) is 11.8 Å². The quantitative estimate of drug-likeness (QED) is 0.390. The van der Waals surface area contributed by atoms with Crippen LogP contribution in [0.2, 0.25) is 10.0 Å². The molecule has 32 heavy (non-hydrogen) atoms. The van der Waals surface area contributed by atoms with Crippen LogP contribution in [-0.4, -0.2) is 42.2 Å². The molecule has 2 aromatic rings. The number of halogens is 2. The minimum Gasteiger partial charge on any atom is -0.497 e. The van der Waals surface area contributed by atoms with Crippen molar-refractivity contribution in [2.45, 2.75) is 45.0 Å². The molecule has 0 aromatic heterocycles. The van der Waals surface area contributed by atoms with E-state index in [2.05, 4.69) is 12.2 Å². The SMILES string of the molecule is CCCCNC(=O)C(C)N(Cc1ccc(Cl)cc1Cl)C(=O)CSCc1ccc(OC)cc1. The van der Waals surface area contributed by atoms with E-state index in [1.54, 1.807) is 37.1 Å². The second kappa shape index (κ2) is 13.6. The number of nitrogens with zero attached hydrogens (tertiary/aromatic N) is 1. The van der Waals surface area contributed by atoms with E-state index in [0.29, 0.717) is 22.3 Å². The summed E-state index contributed by atoms with van der Waals surface area (Å²) in [5.41, 5.74) is 1.85. The largest absolute Gasteiger partial charge is 0.497 e. The summed E-state index contributed by atoms with van der Waals surface area (Å²) in [7, 11) is 1.63. The third kappa shape index (κ3) is 8.23. The maximum absolute atomic E-state index is 13.1. The molecule has 1 N–H and O–H groups in total. The van der Waals surface area contributed by atoms with Gasteiger partial charge in [-0.1, -0.05) is 54.7 Å². The molecule has 0 fully saturated rings. The Balaban J connectivity index is 2.07. The van der Waals surface area contributed by atoms with Crippen LogP contribution in [0.3, 0.4) is 0 Å². The number of hydrogen-bond acceptors (Lipinski definition) is 4. The van der Waals surface area contributed by atoms with Crippen molar-refractivity contribution in [1.29, 1.82) is 0 Å². The summed E-state index contributed by atoms with van der Waals surface area (Å²) in [5.74, 6) is 1.44. The Kier molecular flexibility index (Phi) is 11.2. The zero-order valence-corrected chi connectivity index (χ0v) is 21.0. The molecule has 1 atom stereocenters. The standard InChI is InChI=1S/C24H30Cl2N2O3S/c1-4-5-12-27-24(30)17(2)28(14-19-8-9-20(25)13-22(19)26)23(29)16-32-15-18-6-10-21(31-3)11-7-18/h6-11,13,17H,4-5,12,14-16H2,1-3H3,(H,27,30). The maximum Gasteiger partial charge on any atom is 0.242 e. The van der Waals surface area contributed by atoms with Crippen molar-refractivity contribution in [3.63, 3.8) is 0 Å². The van der Waals surface area contributed by atoms with Gasteiger partial charge in [0.1, 0.15) is 11.8 Å². The predicted molar refractivity (Wildman–Crippen MR) is 134 cm³/mol. The van der Waals surface area contributed by atoms with Crippen LogP contribution in [0.5, 0.6) is 5.75 Å². The molecule has 174 valence electrons. The summed E-state index contributed by atoms with van der Waals surface area (Å²) in [6.07, 6.45) is 1.88. The summed E-state index contributed by atoms with van der Waals surface area (Å²) in [5, 5.41) is 3.91. The average molecular weight is 497 g/mol. The van der Waals surface area contributed by atoms with Crippen LogP contribution in [0, 0.1) is 0 Å². The van der Waals surface area contributed by atoms with Crippen LogP contribution in [0.4, 0.5) is 0 Å². The van der Waals surface area contributed by atoms with Gasteiger partial charge in [-0.05, 0) is 48.7 Å². The number of rotatable bonds is 12. The Bertz CT molecular complexity index is 893. The lowest BCUT2D eigenvalue weighted by Gasteiger charge is -2.29. The lowest BCUT2D eigenvalue weighted by Crippen LogP contribution is -2.48. The number of nitrogens with one attached hydrogen (secondary N) is 1. The molecule has 2 amide bonds. The molecule has 0 saturated heterocycles. The van der Waals surface area contributed by atoms with E-state index in [1.807, 2.05) is 24.3 Å². The van der Waals surface area contributed by atoms with Gasteiger partial charge in [-0.25, -0.2) is 0 Å². The van der Waals surface area contributed by atoms with Crippen LogP contribution in [0.1, 0.15) is 37.8 Å². The van der Waals surface area contributed by atoms with Crippen LogP contribution in [0.25, 0.3) is 0 Å². The number of carbonyl (C=O) groups is 2. The van der Waals surface area contributed by atoms with Gasteiger partial charge in [-0.2, -0.15) is 0 Å². The van der Waals surface area contributed by atoms with Gasteiger partial charge in [0.15, 0.2) is 0 Å². The van der Waals surface area contributed by atoms with Crippen molar-refractivity contribution in [2.75, 3.05) is 19.4 Å². The molecule has 0 spiro atoms. The smallest absolute Gasteiger partial charge is 0.242 e. The fraction of sp³-hybridized carbons (Fsp3) is 0.417. The number of amides is 2. The number of methoxy groups -OCH3 is 1. The third-order valence-electron chi connectivity index (χ3n) is 5.01. The first-order valence-corrected chi connectivity index (χ1v) is 12.5. The van der Waals surface area contributed by atoms with Gasteiger partial charge in [0, 0.05) is 28.9 Å². The van der Waals surface area contributed by atoms with Crippen molar-refractivity contribution in [3.8, 4) is 5.75 Å². The monoisotopic (exact) mass is 496 g/mol. The average Bonchev–Trinajstić information content (AvgIpc) is 2.78. The number of thioether (sulfide) groups is 1. The van der Waals surface area contributed by atoms with Crippen LogP contribution in [-0.2, 0) is 21.9 Å². The molecular formula is C24H30Cl2N2O3S. The van der Waals surface area contributed by atoms with Gasteiger partial charge in [0.2, 0.25) is 11.8 Å². The molecule has 0 saturated carbocycles. The van der Waals surface area contributed by atoms with Crippen molar-refractivity contribution in [3.05, 3.63) is 63.6 Å². The topological polar surface area (TPSA) is 58.6 Å². The highest BCUT2D eigenvalue weighted by atomic mass is 35.5. The zero-order chi connectivity index (χ0) is 23.5. The normalized spacial score (nSPS) is 11.7. The van der Waals surface area contributed by atoms with Gasteiger partial charge in [0.25, 0.3) is 0 Å². The molecule has 0 radical (unpaired) electrons. The Hall–Kier alpha value is -1.89. The summed E-state index contributed by atoms with van der Waals surface area (Å²) in [6.45, 7) is 4.64. The Morgan fingerprint density at radius 3 is 2.50 bits per heavy atom. The first kappa shape index (κ1) is 26.4. The Morgan fingerprint density at radius 2 is 1.88 bits per heavy atom. The minimum atomic E-state index is -0.618. The predicted octanol–water partition coefficient (Wildman–Crippen LogP) is 5.57. The number of carbonyl (C=O) groups excluding carboxylic acids is 2. The first-order chi connectivity index (χ1) is 15.3. The molecule has 0 heterocycles. The second-order valence-corrected chi connectivity index (χ2v) is 9.25. The molecule has 5 nitrogen and oxygen atoms in total. The van der Waals surface area contributed by atoms with Crippen LogP contribution < -0.4 is 10.1 Å². The minimum absolute atomic E-state index is 0.118. The molecule has 0 aliphatic rings.